The maximum Gasteiger partial charge on any atom is 0.309 e. The number of carbonyl (C=O) groups excluding carboxylic acids is 1. The summed E-state index contributed by atoms with van der Waals surface area (Å²) in [4.78, 5) is 12.8. The number of ether oxygens (including phenoxy) is 1. The molecule has 0 amide bonds. The molecule has 0 spiro atoms. The van der Waals surface area contributed by atoms with Crippen molar-refractivity contribution < 1.29 is 9.53 Å². The Morgan fingerprint density at radius 2 is 1.23 bits per heavy atom. The average molecular weight is 683 g/mol. The van der Waals surface area contributed by atoms with Gasteiger partial charge in [0, 0.05) is 0 Å². The predicted octanol–water partition coefficient (Wildman–Crippen LogP) is 7.90. The van der Waals surface area contributed by atoms with E-state index in [4.69, 9.17) is 4.74 Å². The molecule has 0 atom stereocenters. The van der Waals surface area contributed by atoms with Crippen LogP contribution in [0.15, 0.2) is 0 Å². The minimum Gasteiger partial charge on any atom is -0.462 e. The van der Waals surface area contributed by atoms with Crippen molar-refractivity contribution in [1.29, 1.82) is 0 Å². The van der Waals surface area contributed by atoms with Crippen LogP contribution in [0.3, 0.4) is 0 Å². The largest absolute Gasteiger partial charge is 0.462 e. The fourth-order valence-corrected chi connectivity index (χ4v) is 7.14. The van der Waals surface area contributed by atoms with E-state index in [0.29, 0.717) is 0 Å². The van der Waals surface area contributed by atoms with Gasteiger partial charge in [-0.15, -0.1) is 0 Å². The van der Waals surface area contributed by atoms with Crippen molar-refractivity contribution in [2.45, 2.75) is 129 Å². The van der Waals surface area contributed by atoms with Crippen molar-refractivity contribution in [1.82, 2.24) is 0 Å². The predicted molar refractivity (Wildman–Crippen MR) is 124 cm³/mol. The standard InChI is InChI=1S/C28H47O2.Rf/c1-21-7-9-22(10-8-21)11-12-23-13-19-27(20-14-23)30-28(29)26-17-15-25(16-18-26)24-5-3-2-4-6-24;/h2,21-27H,3-20H2,1H3;/q-1;. The molecule has 0 aromatic carbocycles. The minimum atomic E-state index is 0. The summed E-state index contributed by atoms with van der Waals surface area (Å²) in [5.41, 5.74) is 0. The van der Waals surface area contributed by atoms with Crippen LogP contribution in [0.2, 0.25) is 0 Å². The summed E-state index contributed by atoms with van der Waals surface area (Å²) >= 11 is 0. The van der Waals surface area contributed by atoms with Crippen LogP contribution in [0.25, 0.3) is 0 Å². The number of carbonyl (C=O) groups is 1. The Bertz CT molecular complexity index is 505. The van der Waals surface area contributed by atoms with Gasteiger partial charge in [0.05, 0.1) is 5.92 Å². The number of esters is 1. The van der Waals surface area contributed by atoms with Crippen LogP contribution in [0.4, 0.5) is 0 Å². The molecule has 4 fully saturated rings. The molecule has 0 aromatic heterocycles. The van der Waals surface area contributed by atoms with E-state index in [2.05, 4.69) is 13.3 Å². The first kappa shape index (κ1) is 24.1. The van der Waals surface area contributed by atoms with Gasteiger partial charge in [0.2, 0.25) is 0 Å². The molecule has 0 radical (unpaired) electrons. The molecule has 3 heteroatoms. The number of rotatable bonds is 6. The van der Waals surface area contributed by atoms with Gasteiger partial charge < -0.3 is 11.2 Å². The Labute approximate surface area is 186 Å². The third kappa shape index (κ3) is 6.98. The van der Waals surface area contributed by atoms with Gasteiger partial charge >= 0.3 is 5.97 Å². The number of hydrogen-bond acceptors (Lipinski definition) is 2. The van der Waals surface area contributed by atoms with E-state index < -0.39 is 0 Å². The van der Waals surface area contributed by atoms with Crippen molar-refractivity contribution in [3.63, 3.8) is 0 Å². The van der Waals surface area contributed by atoms with Crippen LogP contribution in [0.5, 0.6) is 0 Å². The molecule has 0 bridgehead atoms. The molecule has 0 unspecified atom stereocenters. The van der Waals surface area contributed by atoms with Crippen molar-refractivity contribution in [3.8, 4) is 0 Å². The first-order valence-corrected chi connectivity index (χ1v) is 13.7. The summed E-state index contributed by atoms with van der Waals surface area (Å²) in [7, 11) is 0. The van der Waals surface area contributed by atoms with Crippen LogP contribution in [-0.2, 0) is 9.53 Å². The van der Waals surface area contributed by atoms with Crippen molar-refractivity contribution >= 4 is 5.97 Å². The third-order valence-corrected chi connectivity index (χ3v) is 9.45. The van der Waals surface area contributed by atoms with Crippen molar-refractivity contribution in [2.24, 2.45) is 35.5 Å². The SMILES string of the molecule is CC1CCC(CCC2CCC(OC(=O)C3CCC(C4CC[CH-]CC4)CC3)CC2)CC1.[Rf]. The summed E-state index contributed by atoms with van der Waals surface area (Å²) in [6.45, 7) is 2.42. The van der Waals surface area contributed by atoms with Gasteiger partial charge in [-0.3, -0.25) is 4.79 Å². The zero-order chi connectivity index (χ0) is 20.8. The van der Waals surface area contributed by atoms with Crippen molar-refractivity contribution in [3.05, 3.63) is 6.42 Å². The molecule has 4 aliphatic rings. The normalized spacial score (nSPS) is 37.6. The van der Waals surface area contributed by atoms with E-state index in [9.17, 15) is 4.79 Å². The molecule has 0 saturated heterocycles. The average Bonchev–Trinajstić information content (AvgIpc) is 2.80. The first-order valence-electron chi connectivity index (χ1n) is 13.7. The molecule has 0 heterocycles. The zero-order valence-electron chi connectivity index (χ0n) is 20.4. The molecule has 0 N–H and O–H groups in total. The molecule has 31 heavy (non-hydrogen) atoms. The third-order valence-electron chi connectivity index (χ3n) is 9.45. The summed E-state index contributed by atoms with van der Waals surface area (Å²) in [6, 6.07) is 0. The number of hydrogen-bond donors (Lipinski definition) is 0. The van der Waals surface area contributed by atoms with E-state index >= 15 is 0 Å². The van der Waals surface area contributed by atoms with Crippen LogP contribution in [-0.4, -0.2) is 12.1 Å². The zero-order valence-corrected chi connectivity index (χ0v) is 26.8. The van der Waals surface area contributed by atoms with E-state index in [1.165, 1.54) is 89.9 Å². The van der Waals surface area contributed by atoms with Gasteiger partial charge in [0.15, 0.2) is 0 Å². The molecule has 2 nitrogen and oxygen atoms in total. The Kier molecular flexibility index (Phi) is 9.27. The van der Waals surface area contributed by atoms with E-state index in [0.717, 1.165) is 55.3 Å². The fourth-order valence-electron chi connectivity index (χ4n) is 7.14. The second-order valence-electron chi connectivity index (χ2n) is 11.6. The van der Waals surface area contributed by atoms with Crippen molar-refractivity contribution in [2.75, 3.05) is 0 Å². The molecule has 4 saturated carbocycles. The molecule has 0 aromatic rings. The molecular formula is C28H47O2Rf-. The fraction of sp³-hybridized carbons (Fsp3) is 0.929. The molecule has 4 aliphatic carbocycles. The summed E-state index contributed by atoms with van der Waals surface area (Å²) in [5, 5.41) is 0. The van der Waals surface area contributed by atoms with E-state index in [1.807, 2.05) is 0 Å². The first-order chi connectivity index (χ1) is 14.7. The Hall–Kier alpha value is -1.53. The van der Waals surface area contributed by atoms with Crippen LogP contribution in [0, 0.1) is 41.9 Å². The smallest absolute Gasteiger partial charge is 0.309 e. The van der Waals surface area contributed by atoms with Gasteiger partial charge in [-0.2, -0.15) is 12.8 Å². The van der Waals surface area contributed by atoms with Gasteiger partial charge in [0.1, 0.15) is 6.10 Å². The molecule has 0 aliphatic heterocycles. The minimum absolute atomic E-state index is 0. The summed E-state index contributed by atoms with van der Waals surface area (Å²) < 4.78 is 6.02. The Balaban J connectivity index is 0.00000272. The Morgan fingerprint density at radius 1 is 0.710 bits per heavy atom. The monoisotopic (exact) mass is 682 g/mol. The van der Waals surface area contributed by atoms with Crippen LogP contribution < -0.4 is 0 Å². The van der Waals surface area contributed by atoms with Crippen LogP contribution >= 0.6 is 0 Å². The maximum absolute atomic E-state index is 12.8. The van der Waals surface area contributed by atoms with E-state index in [1.54, 1.807) is 0 Å². The maximum atomic E-state index is 12.8. The van der Waals surface area contributed by atoms with E-state index in [-0.39, 0.29) is 18.0 Å². The second-order valence-corrected chi connectivity index (χ2v) is 11.6. The second kappa shape index (κ2) is 11.9. The van der Waals surface area contributed by atoms with Gasteiger partial charge in [0.25, 0.3) is 0 Å². The summed E-state index contributed by atoms with van der Waals surface area (Å²) in [6.07, 6.45) is 26.3. The Morgan fingerprint density at radius 3 is 1.81 bits per heavy atom. The summed E-state index contributed by atoms with van der Waals surface area (Å²) in [5.74, 6) is 5.01. The van der Waals surface area contributed by atoms with Gasteiger partial charge in [-0.05, 0) is 81.0 Å². The topological polar surface area (TPSA) is 26.3 Å². The molecule has 4 rings (SSSR count). The molecule has 174 valence electrons. The van der Waals surface area contributed by atoms with Gasteiger partial charge in [-0.25, -0.2) is 0 Å². The quantitative estimate of drug-likeness (QED) is 0.211. The van der Waals surface area contributed by atoms with Gasteiger partial charge in [-0.1, -0.05) is 58.3 Å². The molecular weight excluding hydrogens is 635 g/mol. The van der Waals surface area contributed by atoms with Crippen LogP contribution in [0.1, 0.15) is 122 Å².